The van der Waals surface area contributed by atoms with E-state index in [0.29, 0.717) is 0 Å². The standard InChI is InChI=1S/C15H23NO2/c1-4-5-6-7-8-11-16-13-9-10-14(17-2)15(12-13)18-3/h4,9-10,12,16H,1,5-8,11H2,2-3H3. The van der Waals surface area contributed by atoms with E-state index in [2.05, 4.69) is 11.9 Å². The Bertz CT molecular complexity index is 364. The first-order valence-corrected chi connectivity index (χ1v) is 6.38. The van der Waals surface area contributed by atoms with E-state index in [0.717, 1.165) is 30.2 Å². The molecule has 18 heavy (non-hydrogen) atoms. The van der Waals surface area contributed by atoms with Crippen LogP contribution in [0.1, 0.15) is 25.7 Å². The molecule has 1 aromatic carbocycles. The molecule has 0 aliphatic heterocycles. The van der Waals surface area contributed by atoms with E-state index in [1.807, 2.05) is 24.3 Å². The SMILES string of the molecule is C=CCCCCCNc1ccc(OC)c(OC)c1. The van der Waals surface area contributed by atoms with E-state index in [4.69, 9.17) is 9.47 Å². The fraction of sp³-hybridized carbons (Fsp3) is 0.467. The van der Waals surface area contributed by atoms with Gasteiger partial charge in [0.05, 0.1) is 14.2 Å². The van der Waals surface area contributed by atoms with Crippen molar-refractivity contribution in [1.29, 1.82) is 0 Å². The Kier molecular flexibility index (Phi) is 6.77. The van der Waals surface area contributed by atoms with Crippen molar-refractivity contribution >= 4 is 5.69 Å². The molecule has 0 spiro atoms. The van der Waals surface area contributed by atoms with Gasteiger partial charge in [-0.15, -0.1) is 6.58 Å². The van der Waals surface area contributed by atoms with Gasteiger partial charge in [-0.2, -0.15) is 0 Å². The molecule has 0 saturated carbocycles. The molecule has 1 N–H and O–H groups in total. The number of rotatable bonds is 9. The van der Waals surface area contributed by atoms with Crippen molar-refractivity contribution < 1.29 is 9.47 Å². The number of unbranched alkanes of at least 4 members (excludes halogenated alkanes) is 3. The van der Waals surface area contributed by atoms with Crippen LogP contribution in [0.25, 0.3) is 0 Å². The van der Waals surface area contributed by atoms with Crippen LogP contribution in [0.5, 0.6) is 11.5 Å². The van der Waals surface area contributed by atoms with Crippen LogP contribution in [0, 0.1) is 0 Å². The molecule has 0 amide bonds. The lowest BCUT2D eigenvalue weighted by atomic mass is 10.2. The number of nitrogens with one attached hydrogen (secondary N) is 1. The molecule has 100 valence electrons. The summed E-state index contributed by atoms with van der Waals surface area (Å²) in [5.74, 6) is 1.52. The molecule has 0 fully saturated rings. The Morgan fingerprint density at radius 2 is 1.89 bits per heavy atom. The summed E-state index contributed by atoms with van der Waals surface area (Å²) in [4.78, 5) is 0. The van der Waals surface area contributed by atoms with Gasteiger partial charge in [0.1, 0.15) is 0 Å². The molecule has 1 aromatic rings. The Morgan fingerprint density at radius 3 is 2.56 bits per heavy atom. The fourth-order valence-electron chi connectivity index (χ4n) is 1.77. The lowest BCUT2D eigenvalue weighted by Crippen LogP contribution is -2.02. The van der Waals surface area contributed by atoms with E-state index in [-0.39, 0.29) is 0 Å². The lowest BCUT2D eigenvalue weighted by molar-refractivity contribution is 0.355. The van der Waals surface area contributed by atoms with Crippen molar-refractivity contribution in [3.63, 3.8) is 0 Å². The molecule has 0 unspecified atom stereocenters. The normalized spacial score (nSPS) is 9.89. The molecule has 0 heterocycles. The Morgan fingerprint density at radius 1 is 1.11 bits per heavy atom. The molecule has 3 heteroatoms. The third-order valence-electron chi connectivity index (χ3n) is 2.80. The average molecular weight is 249 g/mol. The monoisotopic (exact) mass is 249 g/mol. The molecule has 3 nitrogen and oxygen atoms in total. The van der Waals surface area contributed by atoms with Gasteiger partial charge in [-0.1, -0.05) is 12.5 Å². The summed E-state index contributed by atoms with van der Waals surface area (Å²) in [5.41, 5.74) is 1.07. The second-order valence-electron chi connectivity index (χ2n) is 4.13. The molecular weight excluding hydrogens is 226 g/mol. The van der Waals surface area contributed by atoms with Gasteiger partial charge in [0.2, 0.25) is 0 Å². The van der Waals surface area contributed by atoms with Crippen LogP contribution in [-0.4, -0.2) is 20.8 Å². The van der Waals surface area contributed by atoms with Crippen LogP contribution >= 0.6 is 0 Å². The maximum absolute atomic E-state index is 5.26. The van der Waals surface area contributed by atoms with Gasteiger partial charge in [-0.25, -0.2) is 0 Å². The topological polar surface area (TPSA) is 30.5 Å². The van der Waals surface area contributed by atoms with Crippen molar-refractivity contribution in [1.82, 2.24) is 0 Å². The van der Waals surface area contributed by atoms with E-state index < -0.39 is 0 Å². The first kappa shape index (κ1) is 14.4. The summed E-state index contributed by atoms with van der Waals surface area (Å²) in [7, 11) is 3.29. The first-order chi connectivity index (χ1) is 8.81. The number of allylic oxidation sites excluding steroid dienone is 1. The summed E-state index contributed by atoms with van der Waals surface area (Å²) in [6.45, 7) is 4.70. The number of ether oxygens (including phenoxy) is 2. The molecule has 1 rings (SSSR count). The fourth-order valence-corrected chi connectivity index (χ4v) is 1.77. The number of hydrogen-bond acceptors (Lipinski definition) is 3. The molecule has 0 radical (unpaired) electrons. The highest BCUT2D eigenvalue weighted by atomic mass is 16.5. The molecule has 0 atom stereocenters. The van der Waals surface area contributed by atoms with E-state index in [9.17, 15) is 0 Å². The number of methoxy groups -OCH3 is 2. The Hall–Kier alpha value is -1.64. The van der Waals surface area contributed by atoms with E-state index in [1.165, 1.54) is 19.3 Å². The minimum Gasteiger partial charge on any atom is -0.493 e. The van der Waals surface area contributed by atoms with Crippen LogP contribution in [0.2, 0.25) is 0 Å². The van der Waals surface area contributed by atoms with Gasteiger partial charge >= 0.3 is 0 Å². The van der Waals surface area contributed by atoms with Gasteiger partial charge in [0.25, 0.3) is 0 Å². The number of benzene rings is 1. The molecular formula is C15H23NO2. The summed E-state index contributed by atoms with van der Waals surface area (Å²) in [5, 5.41) is 3.39. The van der Waals surface area contributed by atoms with Crippen molar-refractivity contribution in [2.75, 3.05) is 26.1 Å². The molecule has 0 aromatic heterocycles. The van der Waals surface area contributed by atoms with Crippen LogP contribution in [0.4, 0.5) is 5.69 Å². The van der Waals surface area contributed by atoms with E-state index in [1.54, 1.807) is 14.2 Å². The Labute approximate surface area is 110 Å². The van der Waals surface area contributed by atoms with E-state index >= 15 is 0 Å². The molecule has 0 saturated heterocycles. The van der Waals surface area contributed by atoms with Gasteiger partial charge in [0, 0.05) is 18.3 Å². The Balaban J connectivity index is 2.36. The van der Waals surface area contributed by atoms with Gasteiger partial charge in [-0.3, -0.25) is 0 Å². The molecule has 0 aliphatic carbocycles. The third kappa shape index (κ3) is 4.70. The van der Waals surface area contributed by atoms with Gasteiger partial charge in [-0.05, 0) is 31.4 Å². The zero-order valence-electron chi connectivity index (χ0n) is 11.4. The largest absolute Gasteiger partial charge is 0.493 e. The van der Waals surface area contributed by atoms with Crippen LogP contribution in [0.15, 0.2) is 30.9 Å². The summed E-state index contributed by atoms with van der Waals surface area (Å²) in [6, 6.07) is 5.88. The van der Waals surface area contributed by atoms with Crippen LogP contribution in [-0.2, 0) is 0 Å². The quantitative estimate of drug-likeness (QED) is 0.532. The second kappa shape index (κ2) is 8.45. The first-order valence-electron chi connectivity index (χ1n) is 6.38. The molecule has 0 bridgehead atoms. The summed E-state index contributed by atoms with van der Waals surface area (Å²) in [6.07, 6.45) is 6.70. The van der Waals surface area contributed by atoms with Crippen molar-refractivity contribution in [3.8, 4) is 11.5 Å². The zero-order valence-corrected chi connectivity index (χ0v) is 11.4. The minimum absolute atomic E-state index is 0.758. The van der Waals surface area contributed by atoms with Gasteiger partial charge in [0.15, 0.2) is 11.5 Å². The van der Waals surface area contributed by atoms with Crippen LogP contribution < -0.4 is 14.8 Å². The second-order valence-corrected chi connectivity index (χ2v) is 4.13. The predicted molar refractivity (Wildman–Crippen MR) is 76.7 cm³/mol. The summed E-state index contributed by atoms with van der Waals surface area (Å²) >= 11 is 0. The van der Waals surface area contributed by atoms with Crippen LogP contribution in [0.3, 0.4) is 0 Å². The van der Waals surface area contributed by atoms with Crippen molar-refractivity contribution in [2.45, 2.75) is 25.7 Å². The predicted octanol–water partition coefficient (Wildman–Crippen LogP) is 3.86. The van der Waals surface area contributed by atoms with Crippen molar-refractivity contribution in [3.05, 3.63) is 30.9 Å². The highest BCUT2D eigenvalue weighted by molar-refractivity contribution is 5.54. The minimum atomic E-state index is 0.758. The lowest BCUT2D eigenvalue weighted by Gasteiger charge is -2.11. The number of anilines is 1. The maximum Gasteiger partial charge on any atom is 0.162 e. The maximum atomic E-state index is 5.26. The third-order valence-corrected chi connectivity index (χ3v) is 2.80. The van der Waals surface area contributed by atoms with Gasteiger partial charge < -0.3 is 14.8 Å². The average Bonchev–Trinajstić information content (AvgIpc) is 2.42. The highest BCUT2D eigenvalue weighted by Crippen LogP contribution is 2.29. The smallest absolute Gasteiger partial charge is 0.162 e. The molecule has 0 aliphatic rings. The summed E-state index contributed by atoms with van der Waals surface area (Å²) < 4.78 is 10.5. The highest BCUT2D eigenvalue weighted by Gasteiger charge is 2.03. The zero-order chi connectivity index (χ0) is 13.2. The van der Waals surface area contributed by atoms with Crippen molar-refractivity contribution in [2.24, 2.45) is 0 Å². The number of hydrogen-bond donors (Lipinski definition) is 1.